The van der Waals surface area contributed by atoms with Gasteiger partial charge in [-0.05, 0) is 57.8 Å². The Balaban J connectivity index is 1.61. The highest BCUT2D eigenvalue weighted by Gasteiger charge is 2.51. The number of hydrogen-bond donors (Lipinski definition) is 9. The van der Waals surface area contributed by atoms with Gasteiger partial charge in [0.25, 0.3) is 0 Å². The number of rotatable bonds is 68. The quantitative estimate of drug-likeness (QED) is 0.0204. The number of allylic oxidation sites excluding steroid dienone is 9. The summed E-state index contributed by atoms with van der Waals surface area (Å²) in [6, 6.07) is -0.918. The van der Waals surface area contributed by atoms with Crippen LogP contribution in [-0.4, -0.2) is 140 Å². The van der Waals surface area contributed by atoms with E-state index in [0.29, 0.717) is 6.42 Å². The van der Waals surface area contributed by atoms with Crippen LogP contribution in [0.1, 0.15) is 361 Å². The van der Waals surface area contributed by atoms with Crippen LogP contribution in [0.25, 0.3) is 0 Å². The molecule has 0 aliphatic carbocycles. The van der Waals surface area contributed by atoms with Crippen molar-refractivity contribution in [3.63, 3.8) is 0 Å². The summed E-state index contributed by atoms with van der Waals surface area (Å²) in [4.78, 5) is 13.4. The van der Waals surface area contributed by atoms with E-state index in [9.17, 15) is 45.6 Å². The lowest BCUT2D eigenvalue weighted by molar-refractivity contribution is -0.359. The van der Waals surface area contributed by atoms with Gasteiger partial charge in [0.1, 0.15) is 48.8 Å². The molecule has 0 aromatic rings. The highest BCUT2D eigenvalue weighted by molar-refractivity contribution is 5.76. The average molecular weight is 1360 g/mol. The monoisotopic (exact) mass is 1360 g/mol. The molecule has 2 heterocycles. The van der Waals surface area contributed by atoms with E-state index in [1.165, 1.54) is 270 Å². The van der Waals surface area contributed by atoms with Gasteiger partial charge in [-0.2, -0.15) is 0 Å². The van der Waals surface area contributed by atoms with Crippen LogP contribution < -0.4 is 5.32 Å². The number of aliphatic hydroxyl groups is 8. The van der Waals surface area contributed by atoms with Gasteiger partial charge in [-0.25, -0.2) is 0 Å². The Labute approximate surface area is 587 Å². The zero-order valence-electron chi connectivity index (χ0n) is 61.6. The Hall–Kier alpha value is -2.31. The second-order valence-electron chi connectivity index (χ2n) is 28.5. The smallest absolute Gasteiger partial charge is 0.220 e. The SMILES string of the molecule is CC/C=C\C/C=C\C/C=C\C/C=C\CCCCCCCCCCCCCCCCCCC(=O)NC(COC1OC(CO)C(OC2OC(CO)C(O)C(O)C2O)C(O)C1O)C(O)/C=C/CCCCCCCCCCCCCCCCCCCCCCCCCCCCCCCCC. The molecule has 2 aliphatic heterocycles. The molecule has 2 aliphatic rings. The van der Waals surface area contributed by atoms with E-state index in [2.05, 4.69) is 67.8 Å². The Morgan fingerprint density at radius 1 is 0.385 bits per heavy atom. The molecule has 96 heavy (non-hydrogen) atoms. The topological polar surface area (TPSA) is 228 Å². The predicted octanol–water partition coefficient (Wildman–Crippen LogP) is 18.4. The van der Waals surface area contributed by atoms with Gasteiger partial charge in [-0.15, -0.1) is 0 Å². The van der Waals surface area contributed by atoms with Crippen molar-refractivity contribution in [2.75, 3.05) is 19.8 Å². The van der Waals surface area contributed by atoms with Crippen LogP contribution in [0.15, 0.2) is 60.8 Å². The van der Waals surface area contributed by atoms with Crippen LogP contribution in [-0.2, 0) is 23.7 Å². The third-order valence-corrected chi connectivity index (χ3v) is 19.7. The van der Waals surface area contributed by atoms with Crippen molar-refractivity contribution in [2.24, 2.45) is 0 Å². The van der Waals surface area contributed by atoms with Crippen molar-refractivity contribution in [1.29, 1.82) is 0 Å². The Kier molecular flexibility index (Phi) is 61.7. The van der Waals surface area contributed by atoms with Crippen LogP contribution >= 0.6 is 0 Å². The molecule has 562 valence electrons. The first kappa shape index (κ1) is 89.8. The van der Waals surface area contributed by atoms with E-state index < -0.39 is 86.8 Å². The highest BCUT2D eigenvalue weighted by atomic mass is 16.7. The van der Waals surface area contributed by atoms with E-state index in [4.69, 9.17) is 18.9 Å². The number of ether oxygens (including phenoxy) is 4. The van der Waals surface area contributed by atoms with E-state index in [1.807, 2.05) is 6.08 Å². The number of hydrogen-bond acceptors (Lipinski definition) is 13. The molecule has 0 bridgehead atoms. The maximum absolute atomic E-state index is 13.4. The summed E-state index contributed by atoms with van der Waals surface area (Å²) in [6.07, 6.45) is 73.0. The molecule has 0 saturated carbocycles. The molecule has 0 aromatic heterocycles. The van der Waals surface area contributed by atoms with Gasteiger partial charge >= 0.3 is 0 Å². The Morgan fingerprint density at radius 2 is 0.719 bits per heavy atom. The molecule has 2 fully saturated rings. The molecular formula is C82H151NO13. The molecule has 12 atom stereocenters. The van der Waals surface area contributed by atoms with Gasteiger partial charge in [0, 0.05) is 6.42 Å². The van der Waals surface area contributed by atoms with Gasteiger partial charge in [-0.3, -0.25) is 4.79 Å². The zero-order chi connectivity index (χ0) is 69.4. The second-order valence-corrected chi connectivity index (χ2v) is 28.5. The molecule has 2 saturated heterocycles. The van der Waals surface area contributed by atoms with E-state index in [1.54, 1.807) is 6.08 Å². The first-order valence-corrected chi connectivity index (χ1v) is 40.5. The number of amides is 1. The lowest BCUT2D eigenvalue weighted by Crippen LogP contribution is -2.65. The van der Waals surface area contributed by atoms with Crippen molar-refractivity contribution in [2.45, 2.75) is 434 Å². The molecular weight excluding hydrogens is 1210 g/mol. The molecule has 0 aromatic carbocycles. The third-order valence-electron chi connectivity index (χ3n) is 19.7. The summed E-state index contributed by atoms with van der Waals surface area (Å²) in [5.74, 6) is -0.235. The summed E-state index contributed by atoms with van der Waals surface area (Å²) in [5.41, 5.74) is 0. The molecule has 14 nitrogen and oxygen atoms in total. The Morgan fingerprint density at radius 3 is 1.10 bits per heavy atom. The fourth-order valence-electron chi connectivity index (χ4n) is 13.3. The minimum absolute atomic E-state index is 0.235. The number of aliphatic hydroxyl groups excluding tert-OH is 8. The van der Waals surface area contributed by atoms with Crippen molar-refractivity contribution in [1.82, 2.24) is 5.32 Å². The zero-order valence-corrected chi connectivity index (χ0v) is 61.6. The maximum atomic E-state index is 13.4. The summed E-state index contributed by atoms with van der Waals surface area (Å²) >= 11 is 0. The van der Waals surface area contributed by atoms with Gasteiger partial charge in [0.05, 0.1) is 32.0 Å². The first-order chi connectivity index (χ1) is 47.1. The van der Waals surface area contributed by atoms with E-state index in [-0.39, 0.29) is 18.9 Å². The van der Waals surface area contributed by atoms with Crippen LogP contribution in [0.4, 0.5) is 0 Å². The fourth-order valence-corrected chi connectivity index (χ4v) is 13.3. The normalized spacial score (nSPS) is 22.5. The van der Waals surface area contributed by atoms with Crippen molar-refractivity contribution < 1.29 is 64.6 Å². The van der Waals surface area contributed by atoms with Crippen molar-refractivity contribution >= 4 is 5.91 Å². The van der Waals surface area contributed by atoms with E-state index >= 15 is 0 Å². The number of nitrogens with one attached hydrogen (secondary N) is 1. The number of carbonyl (C=O) groups excluding carboxylic acids is 1. The molecule has 9 N–H and O–H groups in total. The molecule has 0 radical (unpaired) electrons. The third kappa shape index (κ3) is 48.5. The fraction of sp³-hybridized carbons (Fsp3) is 0.866. The molecule has 12 unspecified atom stereocenters. The van der Waals surface area contributed by atoms with Gasteiger partial charge < -0.3 is 65.1 Å². The largest absolute Gasteiger partial charge is 0.394 e. The summed E-state index contributed by atoms with van der Waals surface area (Å²) in [5, 5.41) is 87.7. The Bertz CT molecular complexity index is 1840. The van der Waals surface area contributed by atoms with E-state index in [0.717, 1.165) is 64.2 Å². The highest BCUT2D eigenvalue weighted by Crippen LogP contribution is 2.30. The number of unbranched alkanes of at least 4 members (excludes halogenated alkanes) is 47. The second kappa shape index (κ2) is 66.0. The van der Waals surface area contributed by atoms with Crippen LogP contribution in [0, 0.1) is 0 Å². The summed E-state index contributed by atoms with van der Waals surface area (Å²) < 4.78 is 22.9. The number of carbonyl (C=O) groups is 1. The van der Waals surface area contributed by atoms with Gasteiger partial charge in [0.2, 0.25) is 5.91 Å². The van der Waals surface area contributed by atoms with Crippen LogP contribution in [0.5, 0.6) is 0 Å². The van der Waals surface area contributed by atoms with Gasteiger partial charge in [0.15, 0.2) is 12.6 Å². The van der Waals surface area contributed by atoms with Crippen molar-refractivity contribution in [3.05, 3.63) is 60.8 Å². The molecule has 2 rings (SSSR count). The average Bonchev–Trinajstić information content (AvgIpc) is 0.854. The predicted molar refractivity (Wildman–Crippen MR) is 397 cm³/mol. The minimum atomic E-state index is -1.79. The molecule has 0 spiro atoms. The van der Waals surface area contributed by atoms with Crippen molar-refractivity contribution in [3.8, 4) is 0 Å². The molecule has 1 amide bonds. The van der Waals surface area contributed by atoms with Gasteiger partial charge in [-0.1, -0.05) is 357 Å². The van der Waals surface area contributed by atoms with Crippen LogP contribution in [0.2, 0.25) is 0 Å². The first-order valence-electron chi connectivity index (χ1n) is 40.5. The van der Waals surface area contributed by atoms with Crippen LogP contribution in [0.3, 0.4) is 0 Å². The molecule has 14 heteroatoms. The lowest BCUT2D eigenvalue weighted by Gasteiger charge is -2.46. The maximum Gasteiger partial charge on any atom is 0.220 e. The standard InChI is InChI=1S/C82H151NO13/c1-3-5-7-9-11-13-15-17-19-21-23-25-27-29-31-33-34-35-36-38-39-41-43-45-47-49-51-53-55-57-59-61-63-65-71(86)70(69-93-81-79(92)77(90)80(73(68-85)95-81)96-82-78(91)76(89)75(88)72(67-84)94-82)83-74(87)66-64-62-60-58-56-54-52-50-48-46-44-42-40-37-32-30-28-26-24-22-20-18-16-14-12-10-8-6-4-2/h6,8,12,14,18,20,24,26,63,65,70-73,75-82,84-86,88-92H,3-5,7,9-11,13,15-17,19,21-23,25,27-62,64,66-69H2,1-2H3,(H,83,87)/b8-6-,14-12-,20-18-,26-24-,65-63+. The summed E-state index contributed by atoms with van der Waals surface area (Å²) in [7, 11) is 0. The lowest BCUT2D eigenvalue weighted by atomic mass is 9.97. The summed E-state index contributed by atoms with van der Waals surface area (Å²) in [6.45, 7) is 2.74. The minimum Gasteiger partial charge on any atom is -0.394 e.